The van der Waals surface area contributed by atoms with E-state index < -0.39 is 15.8 Å². The smallest absolute Gasteiger partial charge is 0.244 e. The number of sulfonamides is 1. The number of methoxy groups -OCH3 is 1. The molecule has 1 N–H and O–H groups in total. The topological polar surface area (TPSA) is 55.4 Å². The van der Waals surface area contributed by atoms with Gasteiger partial charge in [-0.05, 0) is 37.0 Å². The summed E-state index contributed by atoms with van der Waals surface area (Å²) < 4.78 is 45.9. The number of hydrogen-bond donors (Lipinski definition) is 1. The molecule has 4 nitrogen and oxygen atoms in total. The Labute approximate surface area is 119 Å². The van der Waals surface area contributed by atoms with Gasteiger partial charge in [-0.2, -0.15) is 0 Å². The second kappa shape index (κ2) is 6.10. The second-order valence-corrected chi connectivity index (χ2v) is 6.97. The quantitative estimate of drug-likeness (QED) is 0.930. The Bertz CT molecular complexity index is 574. The number of benzene rings is 1. The lowest BCUT2D eigenvalue weighted by Gasteiger charge is -2.29. The van der Waals surface area contributed by atoms with E-state index >= 15 is 0 Å². The molecule has 1 aliphatic rings. The molecule has 2 atom stereocenters. The lowest BCUT2D eigenvalue weighted by molar-refractivity contribution is 0.310. The van der Waals surface area contributed by atoms with Crippen molar-refractivity contribution in [2.45, 2.75) is 43.5 Å². The standard InChI is InChI=1S/C14H20FNO3S/c1-10-5-3-4-6-12(10)16-20(17,18)14-9-11(15)7-8-13(14)19-2/h7-10,12,16H,3-6H2,1-2H3/t10-,12+/m1/s1. The molecule has 0 spiro atoms. The van der Waals surface area contributed by atoms with Crippen molar-refractivity contribution in [2.75, 3.05) is 7.11 Å². The molecule has 0 bridgehead atoms. The fourth-order valence-corrected chi connectivity index (χ4v) is 4.17. The van der Waals surface area contributed by atoms with Crippen LogP contribution in [0.2, 0.25) is 0 Å². The molecule has 0 saturated heterocycles. The summed E-state index contributed by atoms with van der Waals surface area (Å²) in [4.78, 5) is -0.141. The minimum Gasteiger partial charge on any atom is -0.495 e. The largest absolute Gasteiger partial charge is 0.495 e. The van der Waals surface area contributed by atoms with Crippen LogP contribution in [-0.2, 0) is 10.0 Å². The first-order valence-corrected chi connectivity index (χ1v) is 8.28. The summed E-state index contributed by atoms with van der Waals surface area (Å²) in [5, 5.41) is 0. The van der Waals surface area contributed by atoms with Crippen molar-refractivity contribution in [3.05, 3.63) is 24.0 Å². The molecular weight excluding hydrogens is 281 g/mol. The molecule has 0 aliphatic heterocycles. The van der Waals surface area contributed by atoms with Gasteiger partial charge in [0.2, 0.25) is 10.0 Å². The van der Waals surface area contributed by atoms with E-state index in [1.165, 1.54) is 19.2 Å². The van der Waals surface area contributed by atoms with E-state index in [1.807, 2.05) is 6.92 Å². The summed E-state index contributed by atoms with van der Waals surface area (Å²) in [5.74, 6) is -0.150. The van der Waals surface area contributed by atoms with Gasteiger partial charge in [-0.1, -0.05) is 19.8 Å². The Morgan fingerprint density at radius 3 is 2.65 bits per heavy atom. The molecule has 20 heavy (non-hydrogen) atoms. The van der Waals surface area contributed by atoms with Gasteiger partial charge in [-0.15, -0.1) is 0 Å². The van der Waals surface area contributed by atoms with Crippen LogP contribution in [0.3, 0.4) is 0 Å². The predicted octanol–water partition coefficient (Wildman–Crippen LogP) is 2.69. The summed E-state index contributed by atoms with van der Waals surface area (Å²) in [6.45, 7) is 2.04. The van der Waals surface area contributed by atoms with Crippen molar-refractivity contribution in [3.63, 3.8) is 0 Å². The highest BCUT2D eigenvalue weighted by Crippen LogP contribution is 2.28. The average molecular weight is 301 g/mol. The molecule has 112 valence electrons. The van der Waals surface area contributed by atoms with Gasteiger partial charge in [0.15, 0.2) is 0 Å². The van der Waals surface area contributed by atoms with Crippen LogP contribution in [0, 0.1) is 11.7 Å². The number of rotatable bonds is 4. The molecule has 1 saturated carbocycles. The minimum absolute atomic E-state index is 0.0956. The fraction of sp³-hybridized carbons (Fsp3) is 0.571. The maximum atomic E-state index is 13.3. The molecule has 0 unspecified atom stereocenters. The maximum absolute atomic E-state index is 13.3. The van der Waals surface area contributed by atoms with Crippen molar-refractivity contribution >= 4 is 10.0 Å². The van der Waals surface area contributed by atoms with Crippen LogP contribution >= 0.6 is 0 Å². The van der Waals surface area contributed by atoms with E-state index in [1.54, 1.807) is 0 Å². The van der Waals surface area contributed by atoms with Gasteiger partial charge < -0.3 is 4.74 Å². The molecule has 0 amide bonds. The Balaban J connectivity index is 2.28. The van der Waals surface area contributed by atoms with E-state index in [0.29, 0.717) is 0 Å². The van der Waals surface area contributed by atoms with Gasteiger partial charge in [-0.3, -0.25) is 0 Å². The van der Waals surface area contributed by atoms with Gasteiger partial charge in [0, 0.05) is 6.04 Å². The summed E-state index contributed by atoms with van der Waals surface area (Å²) in [7, 11) is -2.40. The van der Waals surface area contributed by atoms with E-state index in [2.05, 4.69) is 4.72 Å². The molecule has 2 rings (SSSR count). The Morgan fingerprint density at radius 1 is 1.30 bits per heavy atom. The van der Waals surface area contributed by atoms with Crippen LogP contribution in [0.15, 0.2) is 23.1 Å². The third-order valence-electron chi connectivity index (χ3n) is 3.83. The SMILES string of the molecule is COc1ccc(F)cc1S(=O)(=O)N[C@H]1CCCC[C@H]1C. The maximum Gasteiger partial charge on any atom is 0.244 e. The van der Waals surface area contributed by atoms with Crippen molar-refractivity contribution in [3.8, 4) is 5.75 Å². The zero-order chi connectivity index (χ0) is 14.8. The highest BCUT2D eigenvalue weighted by atomic mass is 32.2. The van der Waals surface area contributed by atoms with Crippen LogP contribution in [-0.4, -0.2) is 21.6 Å². The fourth-order valence-electron chi connectivity index (χ4n) is 2.61. The number of halogens is 1. The van der Waals surface area contributed by atoms with Crippen LogP contribution < -0.4 is 9.46 Å². The van der Waals surface area contributed by atoms with E-state index in [9.17, 15) is 12.8 Å². The lowest BCUT2D eigenvalue weighted by atomic mass is 9.87. The first-order valence-electron chi connectivity index (χ1n) is 6.80. The summed E-state index contributed by atoms with van der Waals surface area (Å²) in [5.41, 5.74) is 0. The molecule has 1 aliphatic carbocycles. The third-order valence-corrected chi connectivity index (χ3v) is 5.34. The van der Waals surface area contributed by atoms with E-state index in [0.717, 1.165) is 31.7 Å². The Morgan fingerprint density at radius 2 is 2.00 bits per heavy atom. The Hall–Kier alpha value is -1.14. The van der Waals surface area contributed by atoms with E-state index in [4.69, 9.17) is 4.74 Å². The molecule has 1 aromatic carbocycles. The molecule has 0 heterocycles. The molecule has 1 fully saturated rings. The van der Waals surface area contributed by atoms with Gasteiger partial charge in [0.25, 0.3) is 0 Å². The van der Waals surface area contributed by atoms with Crippen molar-refractivity contribution < 1.29 is 17.5 Å². The summed E-state index contributed by atoms with van der Waals surface area (Å²) in [6, 6.07) is 3.41. The van der Waals surface area contributed by atoms with Gasteiger partial charge in [0.1, 0.15) is 16.5 Å². The number of hydrogen-bond acceptors (Lipinski definition) is 3. The number of ether oxygens (including phenoxy) is 1. The van der Waals surface area contributed by atoms with Crippen molar-refractivity contribution in [2.24, 2.45) is 5.92 Å². The second-order valence-electron chi connectivity index (χ2n) is 5.28. The van der Waals surface area contributed by atoms with Gasteiger partial charge in [0.05, 0.1) is 7.11 Å². The van der Waals surface area contributed by atoms with Crippen LogP contribution in [0.4, 0.5) is 4.39 Å². The summed E-state index contributed by atoms with van der Waals surface area (Å²) in [6.07, 6.45) is 3.96. The lowest BCUT2D eigenvalue weighted by Crippen LogP contribution is -2.41. The highest BCUT2D eigenvalue weighted by Gasteiger charge is 2.28. The first-order chi connectivity index (χ1) is 9.44. The van der Waals surface area contributed by atoms with E-state index in [-0.39, 0.29) is 22.6 Å². The average Bonchev–Trinajstić information content (AvgIpc) is 2.41. The Kier molecular flexibility index (Phi) is 4.65. The zero-order valence-corrected chi connectivity index (χ0v) is 12.5. The third kappa shape index (κ3) is 3.30. The van der Waals surface area contributed by atoms with Crippen LogP contribution in [0.25, 0.3) is 0 Å². The monoisotopic (exact) mass is 301 g/mol. The first kappa shape index (κ1) is 15.3. The highest BCUT2D eigenvalue weighted by molar-refractivity contribution is 7.89. The molecule has 6 heteroatoms. The predicted molar refractivity (Wildman–Crippen MR) is 74.7 cm³/mol. The normalized spacial score (nSPS) is 23.6. The van der Waals surface area contributed by atoms with Crippen molar-refractivity contribution in [1.82, 2.24) is 4.72 Å². The minimum atomic E-state index is -3.77. The molecular formula is C14H20FNO3S. The molecule has 1 aromatic rings. The van der Waals surface area contributed by atoms with Crippen LogP contribution in [0.5, 0.6) is 5.75 Å². The van der Waals surface area contributed by atoms with Crippen LogP contribution in [0.1, 0.15) is 32.6 Å². The summed E-state index contributed by atoms with van der Waals surface area (Å²) >= 11 is 0. The molecule has 0 aromatic heterocycles. The van der Waals surface area contributed by atoms with Gasteiger partial charge in [-0.25, -0.2) is 17.5 Å². The molecule has 0 radical (unpaired) electrons. The van der Waals surface area contributed by atoms with Crippen molar-refractivity contribution in [1.29, 1.82) is 0 Å². The zero-order valence-electron chi connectivity index (χ0n) is 11.7. The number of nitrogens with one attached hydrogen (secondary N) is 1. The van der Waals surface area contributed by atoms with Gasteiger partial charge >= 0.3 is 0 Å².